The first-order valence-corrected chi connectivity index (χ1v) is 5.21. The van der Waals surface area contributed by atoms with Gasteiger partial charge in [0.25, 0.3) is 0 Å². The van der Waals surface area contributed by atoms with Gasteiger partial charge in [-0.1, -0.05) is 0 Å². The molecule has 1 N–H and O–H groups in total. The Morgan fingerprint density at radius 2 is 2.53 bits per heavy atom. The predicted octanol–water partition coefficient (Wildman–Crippen LogP) is 1.62. The highest BCUT2D eigenvalue weighted by molar-refractivity contribution is 7.13. The number of aryl methyl sites for hydroxylation is 1. The van der Waals surface area contributed by atoms with Crippen LogP contribution in [0.3, 0.4) is 0 Å². The molecule has 2 heterocycles. The molecule has 1 amide bonds. The van der Waals surface area contributed by atoms with Gasteiger partial charge in [-0.2, -0.15) is 0 Å². The van der Waals surface area contributed by atoms with E-state index in [2.05, 4.69) is 15.3 Å². The maximum absolute atomic E-state index is 11.5. The van der Waals surface area contributed by atoms with E-state index < -0.39 is 0 Å². The molecule has 0 saturated heterocycles. The molecule has 0 aliphatic carbocycles. The summed E-state index contributed by atoms with van der Waals surface area (Å²) in [5.74, 6) is -0.141. The Hall–Kier alpha value is -1.69. The molecule has 6 heteroatoms. The zero-order valence-corrected chi connectivity index (χ0v) is 8.87. The summed E-state index contributed by atoms with van der Waals surface area (Å²) in [5, 5.41) is 5.18. The first-order chi connectivity index (χ1) is 7.24. The maximum atomic E-state index is 11.5. The van der Waals surface area contributed by atoms with Crippen molar-refractivity contribution < 1.29 is 9.21 Å². The van der Waals surface area contributed by atoms with Crippen LogP contribution in [0.4, 0.5) is 5.13 Å². The SMILES string of the molecule is Cc1csc(NC(=O)Cc2cocn2)n1. The van der Waals surface area contributed by atoms with Crippen molar-refractivity contribution in [2.75, 3.05) is 5.32 Å². The third-order valence-corrected chi connectivity index (χ3v) is 2.57. The van der Waals surface area contributed by atoms with Crippen LogP contribution in [-0.4, -0.2) is 15.9 Å². The van der Waals surface area contributed by atoms with Crippen LogP contribution in [0.1, 0.15) is 11.4 Å². The van der Waals surface area contributed by atoms with E-state index in [0.29, 0.717) is 10.8 Å². The second kappa shape index (κ2) is 4.22. The molecule has 2 rings (SSSR count). The van der Waals surface area contributed by atoms with Crippen LogP contribution in [0.5, 0.6) is 0 Å². The fourth-order valence-electron chi connectivity index (χ4n) is 1.06. The quantitative estimate of drug-likeness (QED) is 0.858. The molecule has 15 heavy (non-hydrogen) atoms. The van der Waals surface area contributed by atoms with Gasteiger partial charge in [0.2, 0.25) is 5.91 Å². The van der Waals surface area contributed by atoms with Crippen LogP contribution in [0.2, 0.25) is 0 Å². The molecule has 0 spiro atoms. The van der Waals surface area contributed by atoms with Gasteiger partial charge in [0.1, 0.15) is 6.26 Å². The number of carbonyl (C=O) groups is 1. The highest BCUT2D eigenvalue weighted by Gasteiger charge is 2.07. The number of anilines is 1. The lowest BCUT2D eigenvalue weighted by Crippen LogP contribution is -2.14. The zero-order valence-electron chi connectivity index (χ0n) is 8.06. The Morgan fingerprint density at radius 1 is 1.67 bits per heavy atom. The van der Waals surface area contributed by atoms with E-state index in [0.717, 1.165) is 5.69 Å². The van der Waals surface area contributed by atoms with Gasteiger partial charge in [-0.05, 0) is 6.92 Å². The van der Waals surface area contributed by atoms with Gasteiger partial charge in [0.05, 0.1) is 17.8 Å². The van der Waals surface area contributed by atoms with Crippen molar-refractivity contribution in [1.29, 1.82) is 0 Å². The normalized spacial score (nSPS) is 10.2. The third kappa shape index (κ3) is 2.63. The molecular weight excluding hydrogens is 214 g/mol. The largest absolute Gasteiger partial charge is 0.451 e. The number of nitrogens with one attached hydrogen (secondary N) is 1. The molecule has 5 nitrogen and oxygen atoms in total. The molecule has 0 unspecified atom stereocenters. The predicted molar refractivity (Wildman–Crippen MR) is 55.7 cm³/mol. The summed E-state index contributed by atoms with van der Waals surface area (Å²) in [4.78, 5) is 19.4. The van der Waals surface area contributed by atoms with Crippen LogP contribution in [-0.2, 0) is 11.2 Å². The van der Waals surface area contributed by atoms with Gasteiger partial charge in [-0.25, -0.2) is 9.97 Å². The van der Waals surface area contributed by atoms with Gasteiger partial charge in [-0.15, -0.1) is 11.3 Å². The number of aromatic nitrogens is 2. The molecule has 2 aromatic rings. The topological polar surface area (TPSA) is 68.0 Å². The summed E-state index contributed by atoms with van der Waals surface area (Å²) in [6.07, 6.45) is 2.96. The molecule has 0 saturated carbocycles. The smallest absolute Gasteiger partial charge is 0.232 e. The van der Waals surface area contributed by atoms with Crippen molar-refractivity contribution in [1.82, 2.24) is 9.97 Å². The number of oxazole rings is 1. The summed E-state index contributed by atoms with van der Waals surface area (Å²) in [7, 11) is 0. The Morgan fingerprint density at radius 3 is 3.13 bits per heavy atom. The highest BCUT2D eigenvalue weighted by atomic mass is 32.1. The Bertz CT molecular complexity index is 450. The van der Waals surface area contributed by atoms with Gasteiger partial charge < -0.3 is 9.73 Å². The van der Waals surface area contributed by atoms with Crippen molar-refractivity contribution in [2.24, 2.45) is 0 Å². The van der Waals surface area contributed by atoms with Crippen LogP contribution in [0, 0.1) is 6.92 Å². The molecule has 2 aromatic heterocycles. The number of nitrogens with zero attached hydrogens (tertiary/aromatic N) is 2. The fourth-order valence-corrected chi connectivity index (χ4v) is 1.77. The van der Waals surface area contributed by atoms with Crippen molar-refractivity contribution >= 4 is 22.4 Å². The highest BCUT2D eigenvalue weighted by Crippen LogP contribution is 2.14. The summed E-state index contributed by atoms with van der Waals surface area (Å²) in [5.41, 5.74) is 1.51. The first kappa shape index (κ1) is 9.85. The minimum atomic E-state index is -0.141. The Balaban J connectivity index is 1.93. The lowest BCUT2D eigenvalue weighted by molar-refractivity contribution is -0.115. The number of amides is 1. The van der Waals surface area contributed by atoms with E-state index in [1.54, 1.807) is 0 Å². The summed E-state index contributed by atoms with van der Waals surface area (Å²) in [6.45, 7) is 1.88. The molecule has 0 aromatic carbocycles. The number of rotatable bonds is 3. The standard InChI is InChI=1S/C9H9N3O2S/c1-6-4-15-9(11-6)12-8(13)2-7-3-14-5-10-7/h3-5H,2H2,1H3,(H,11,12,13). The molecule has 0 bridgehead atoms. The molecule has 0 aliphatic heterocycles. The average Bonchev–Trinajstić information content (AvgIpc) is 2.77. The molecule has 0 radical (unpaired) electrons. The molecule has 78 valence electrons. The Labute approximate surface area is 90.2 Å². The molecule has 0 atom stereocenters. The van der Waals surface area contributed by atoms with Crippen LogP contribution in [0.15, 0.2) is 22.5 Å². The molecule has 0 aliphatic rings. The van der Waals surface area contributed by atoms with E-state index in [1.165, 1.54) is 24.0 Å². The number of thiazole rings is 1. The van der Waals surface area contributed by atoms with Gasteiger partial charge in [-0.3, -0.25) is 4.79 Å². The maximum Gasteiger partial charge on any atom is 0.232 e. The lowest BCUT2D eigenvalue weighted by atomic mass is 10.3. The minimum absolute atomic E-state index is 0.141. The number of hydrogen-bond donors (Lipinski definition) is 1. The third-order valence-electron chi connectivity index (χ3n) is 1.69. The fraction of sp³-hybridized carbons (Fsp3) is 0.222. The summed E-state index contributed by atoms with van der Waals surface area (Å²) >= 11 is 1.40. The minimum Gasteiger partial charge on any atom is -0.451 e. The van der Waals surface area contributed by atoms with Crippen LogP contribution >= 0.6 is 11.3 Å². The molecular formula is C9H9N3O2S. The van der Waals surface area contributed by atoms with E-state index in [4.69, 9.17) is 4.42 Å². The monoisotopic (exact) mass is 223 g/mol. The summed E-state index contributed by atoms with van der Waals surface area (Å²) in [6, 6.07) is 0. The second-order valence-corrected chi connectivity index (χ2v) is 3.86. The second-order valence-electron chi connectivity index (χ2n) is 3.00. The first-order valence-electron chi connectivity index (χ1n) is 4.33. The summed E-state index contributed by atoms with van der Waals surface area (Å²) < 4.78 is 4.77. The van der Waals surface area contributed by atoms with Gasteiger partial charge in [0, 0.05) is 5.38 Å². The zero-order chi connectivity index (χ0) is 10.7. The van der Waals surface area contributed by atoms with Gasteiger partial charge >= 0.3 is 0 Å². The van der Waals surface area contributed by atoms with E-state index >= 15 is 0 Å². The Kier molecular flexibility index (Phi) is 2.77. The van der Waals surface area contributed by atoms with Crippen LogP contribution < -0.4 is 5.32 Å². The van der Waals surface area contributed by atoms with Crippen molar-refractivity contribution in [3.05, 3.63) is 29.4 Å². The van der Waals surface area contributed by atoms with E-state index in [9.17, 15) is 4.79 Å². The van der Waals surface area contributed by atoms with Crippen molar-refractivity contribution in [3.63, 3.8) is 0 Å². The van der Waals surface area contributed by atoms with Crippen molar-refractivity contribution in [3.8, 4) is 0 Å². The van der Waals surface area contributed by atoms with Crippen molar-refractivity contribution in [2.45, 2.75) is 13.3 Å². The van der Waals surface area contributed by atoms with Gasteiger partial charge in [0.15, 0.2) is 11.5 Å². The number of carbonyl (C=O) groups excluding carboxylic acids is 1. The lowest BCUT2D eigenvalue weighted by Gasteiger charge is -1.97. The van der Waals surface area contributed by atoms with E-state index in [1.807, 2.05) is 12.3 Å². The average molecular weight is 223 g/mol. The molecule has 0 fully saturated rings. The van der Waals surface area contributed by atoms with Crippen LogP contribution in [0.25, 0.3) is 0 Å². The number of hydrogen-bond acceptors (Lipinski definition) is 5. The van der Waals surface area contributed by atoms with E-state index in [-0.39, 0.29) is 12.3 Å².